The van der Waals surface area contributed by atoms with E-state index in [0.29, 0.717) is 0 Å². The van der Waals surface area contributed by atoms with Crippen LogP contribution >= 0.6 is 0 Å². The molecule has 2 heteroatoms. The fraction of sp³-hybridized carbons (Fsp3) is 0. The van der Waals surface area contributed by atoms with Gasteiger partial charge in [-0.3, -0.25) is 0 Å². The second kappa shape index (κ2) is 15.1. The number of hydrogen-bond donors (Lipinski definition) is 0. The van der Waals surface area contributed by atoms with Crippen molar-refractivity contribution in [1.82, 2.24) is 0 Å². The molecule has 0 radical (unpaired) electrons. The van der Waals surface area contributed by atoms with Crippen LogP contribution in [0, 0.1) is 0 Å². The smallest absolute Gasteiger partial charge is 0.135 e. The van der Waals surface area contributed by atoms with Crippen molar-refractivity contribution in [3.05, 3.63) is 237 Å². The molecule has 0 aliphatic rings. The predicted molar refractivity (Wildman–Crippen MR) is 253 cm³/mol. The van der Waals surface area contributed by atoms with Crippen molar-refractivity contribution in [2.24, 2.45) is 0 Å². The highest BCUT2D eigenvalue weighted by molar-refractivity contribution is 5.97. The Kier molecular flexibility index (Phi) is 8.87. The topological polar surface area (TPSA) is 16.4 Å². The van der Waals surface area contributed by atoms with Crippen molar-refractivity contribution in [3.8, 4) is 55.8 Å². The number of anilines is 3. The molecule has 10 aromatic carbocycles. The van der Waals surface area contributed by atoms with E-state index in [9.17, 15) is 0 Å². The van der Waals surface area contributed by atoms with Crippen LogP contribution in [0.2, 0.25) is 0 Å². The van der Waals surface area contributed by atoms with Gasteiger partial charge in [0.15, 0.2) is 0 Å². The number of furan rings is 1. The first kappa shape index (κ1) is 35.2. The quantitative estimate of drug-likeness (QED) is 0.153. The van der Waals surface area contributed by atoms with E-state index in [1.54, 1.807) is 0 Å². The van der Waals surface area contributed by atoms with E-state index in [-0.39, 0.29) is 0 Å². The molecule has 0 saturated carbocycles. The molecular weight excluding hydrogens is 727 g/mol. The Morgan fingerprint density at radius 2 is 0.733 bits per heavy atom. The predicted octanol–water partition coefficient (Wildman–Crippen LogP) is 16.5. The molecule has 1 aromatic heterocycles. The molecule has 282 valence electrons. The highest BCUT2D eigenvalue weighted by Crippen LogP contribution is 2.39. The summed E-state index contributed by atoms with van der Waals surface area (Å²) in [5.41, 5.74) is 14.7. The Labute approximate surface area is 349 Å². The number of para-hydroxylation sites is 1. The molecule has 2 nitrogen and oxygen atoms in total. The lowest BCUT2D eigenvalue weighted by atomic mass is 9.95. The van der Waals surface area contributed by atoms with Crippen LogP contribution in [0.5, 0.6) is 0 Å². The maximum Gasteiger partial charge on any atom is 0.135 e. The van der Waals surface area contributed by atoms with Crippen molar-refractivity contribution < 1.29 is 4.42 Å². The van der Waals surface area contributed by atoms with Crippen molar-refractivity contribution in [3.63, 3.8) is 0 Å². The second-order valence-electron chi connectivity index (χ2n) is 15.4. The molecule has 0 aliphatic heterocycles. The first-order chi connectivity index (χ1) is 29.7. The summed E-state index contributed by atoms with van der Waals surface area (Å²) in [4.78, 5) is 2.34. The van der Waals surface area contributed by atoms with E-state index in [1.807, 2.05) is 18.2 Å². The third-order valence-electron chi connectivity index (χ3n) is 11.7. The monoisotopic (exact) mass is 765 g/mol. The normalized spacial score (nSPS) is 11.3. The Morgan fingerprint density at radius 3 is 1.38 bits per heavy atom. The summed E-state index contributed by atoms with van der Waals surface area (Å²) in [6.07, 6.45) is 0. The van der Waals surface area contributed by atoms with E-state index in [1.165, 1.54) is 54.9 Å². The summed E-state index contributed by atoms with van der Waals surface area (Å²) >= 11 is 0. The largest absolute Gasteiger partial charge is 0.456 e. The van der Waals surface area contributed by atoms with Gasteiger partial charge in [0.05, 0.1) is 0 Å². The zero-order valence-corrected chi connectivity index (χ0v) is 32.9. The minimum atomic E-state index is 0.872. The van der Waals surface area contributed by atoms with Gasteiger partial charge in [-0.2, -0.15) is 0 Å². The van der Waals surface area contributed by atoms with Crippen LogP contribution in [0.1, 0.15) is 0 Å². The third-order valence-corrected chi connectivity index (χ3v) is 11.7. The lowest BCUT2D eigenvalue weighted by molar-refractivity contribution is 0.631. The summed E-state index contributed by atoms with van der Waals surface area (Å²) in [6.45, 7) is 0. The van der Waals surface area contributed by atoms with E-state index >= 15 is 0 Å². The van der Waals surface area contributed by atoms with E-state index in [0.717, 1.165) is 50.5 Å². The van der Waals surface area contributed by atoms with Crippen LogP contribution in [0.4, 0.5) is 17.1 Å². The van der Waals surface area contributed by atoms with Crippen LogP contribution in [-0.2, 0) is 0 Å². The van der Waals surface area contributed by atoms with Gasteiger partial charge in [-0.25, -0.2) is 0 Å². The Bertz CT molecular complexity index is 3260. The van der Waals surface area contributed by atoms with E-state index in [4.69, 9.17) is 4.42 Å². The molecule has 1 heterocycles. The van der Waals surface area contributed by atoms with Gasteiger partial charge in [0, 0.05) is 28.0 Å². The highest BCUT2D eigenvalue weighted by atomic mass is 16.3. The van der Waals surface area contributed by atoms with Gasteiger partial charge in [0.2, 0.25) is 0 Å². The van der Waals surface area contributed by atoms with Crippen LogP contribution in [0.3, 0.4) is 0 Å². The molecule has 60 heavy (non-hydrogen) atoms. The fourth-order valence-electron chi connectivity index (χ4n) is 8.54. The van der Waals surface area contributed by atoms with Crippen molar-refractivity contribution in [2.75, 3.05) is 4.90 Å². The lowest BCUT2D eigenvalue weighted by Crippen LogP contribution is -2.09. The zero-order valence-electron chi connectivity index (χ0n) is 32.9. The van der Waals surface area contributed by atoms with Crippen LogP contribution in [-0.4, -0.2) is 0 Å². The van der Waals surface area contributed by atoms with Crippen molar-refractivity contribution in [1.29, 1.82) is 0 Å². The van der Waals surface area contributed by atoms with Crippen molar-refractivity contribution in [2.45, 2.75) is 0 Å². The minimum absolute atomic E-state index is 0.872. The molecule has 0 unspecified atom stereocenters. The second-order valence-corrected chi connectivity index (χ2v) is 15.4. The van der Waals surface area contributed by atoms with Gasteiger partial charge in [0.25, 0.3) is 0 Å². The van der Waals surface area contributed by atoms with Gasteiger partial charge in [0.1, 0.15) is 11.3 Å². The molecule has 11 rings (SSSR count). The van der Waals surface area contributed by atoms with Crippen LogP contribution in [0.15, 0.2) is 241 Å². The summed E-state index contributed by atoms with van der Waals surface area (Å²) in [7, 11) is 0. The number of rotatable bonds is 8. The maximum atomic E-state index is 6.22. The molecule has 0 aliphatic carbocycles. The zero-order chi connectivity index (χ0) is 39.8. The van der Waals surface area contributed by atoms with Gasteiger partial charge in [-0.15, -0.1) is 0 Å². The number of nitrogens with zero attached hydrogens (tertiary/aromatic N) is 1. The molecule has 0 fully saturated rings. The molecule has 0 bridgehead atoms. The maximum absolute atomic E-state index is 6.22. The fourth-order valence-corrected chi connectivity index (χ4v) is 8.54. The Hall–Kier alpha value is -7.94. The lowest BCUT2D eigenvalue weighted by Gasteiger charge is -2.26. The van der Waals surface area contributed by atoms with Crippen molar-refractivity contribution >= 4 is 49.6 Å². The summed E-state index contributed by atoms with van der Waals surface area (Å²) < 4.78 is 6.22. The molecule has 0 atom stereocenters. The average Bonchev–Trinajstić information content (AvgIpc) is 3.77. The number of benzene rings is 10. The first-order valence-electron chi connectivity index (χ1n) is 20.5. The van der Waals surface area contributed by atoms with Crippen LogP contribution < -0.4 is 4.90 Å². The molecule has 0 N–H and O–H groups in total. The minimum Gasteiger partial charge on any atom is -0.456 e. The molecule has 0 saturated heterocycles. The SMILES string of the molecule is c1cc(-c2ccc(N(c3ccc(-c4cccc(-c5cccc6ccccc56)c4)cc3)c3ccc(-c4ccc5ccccc5c4)cc3)cc2)cc(-c2cc3ccccc3o2)c1. The van der Waals surface area contributed by atoms with Gasteiger partial charge in [-0.05, 0) is 133 Å². The molecule has 0 amide bonds. The third kappa shape index (κ3) is 6.70. The van der Waals surface area contributed by atoms with Gasteiger partial charge < -0.3 is 9.32 Å². The Balaban J connectivity index is 0.940. The molecular formula is C58H39NO. The van der Waals surface area contributed by atoms with E-state index in [2.05, 4.69) is 223 Å². The number of hydrogen-bond acceptors (Lipinski definition) is 2. The average molecular weight is 766 g/mol. The Morgan fingerprint density at radius 1 is 0.267 bits per heavy atom. The number of fused-ring (bicyclic) bond motifs is 3. The highest BCUT2D eigenvalue weighted by Gasteiger charge is 2.15. The van der Waals surface area contributed by atoms with E-state index < -0.39 is 0 Å². The van der Waals surface area contributed by atoms with Crippen LogP contribution in [0.25, 0.3) is 88.3 Å². The van der Waals surface area contributed by atoms with Gasteiger partial charge >= 0.3 is 0 Å². The molecule has 0 spiro atoms. The summed E-state index contributed by atoms with van der Waals surface area (Å²) in [5.74, 6) is 0.872. The standard InChI is InChI=1S/C58H39NO/c1-2-12-45-36-48(23-22-40(45)10-1)43-28-34-54(35-29-43)59(53-32-26-42(27-33-53)47-16-8-18-50(38-47)58-39-51-13-4-6-21-57(51)60-58)52-30-24-41(25-31-52)46-15-7-17-49(37-46)56-20-9-14-44-11-3-5-19-55(44)56/h1-39H. The molecule has 11 aromatic rings. The first-order valence-corrected chi connectivity index (χ1v) is 20.5. The summed E-state index contributed by atoms with van der Waals surface area (Å²) in [5, 5.41) is 6.11. The summed E-state index contributed by atoms with van der Waals surface area (Å²) in [6, 6.07) is 84.9. The van der Waals surface area contributed by atoms with Gasteiger partial charge in [-0.1, -0.05) is 170 Å².